The maximum Gasteiger partial charge on any atom is 0.416 e. The quantitative estimate of drug-likeness (QED) is 0.376. The Labute approximate surface area is 187 Å². The monoisotopic (exact) mass is 458 g/mol. The third-order valence-corrected chi connectivity index (χ3v) is 5.03. The fourth-order valence-electron chi connectivity index (χ4n) is 3.34. The molecule has 4 aromatic rings. The van der Waals surface area contributed by atoms with Crippen molar-refractivity contribution in [3.63, 3.8) is 0 Å². The Balaban J connectivity index is 1.45. The van der Waals surface area contributed by atoms with Gasteiger partial charge in [0, 0.05) is 17.1 Å². The Morgan fingerprint density at radius 2 is 1.82 bits per heavy atom. The standard InChI is InChI=1S/C23H21F3N4O3/c1-3-32-22(31)13-29-11-10-16-12-19(8-9-21(16)29)33-14-20-15(2)27-30(28-20)18-6-4-17(5-7-18)23(24,25)26/h4-12H,3,13-14H2,1-2H3. The van der Waals surface area contributed by atoms with E-state index in [1.165, 1.54) is 16.9 Å². The Bertz CT molecular complexity index is 1280. The molecule has 7 nitrogen and oxygen atoms in total. The molecule has 172 valence electrons. The zero-order chi connectivity index (χ0) is 23.6. The molecule has 0 saturated carbocycles. The van der Waals surface area contributed by atoms with Crippen molar-refractivity contribution in [3.8, 4) is 11.4 Å². The van der Waals surface area contributed by atoms with Crippen molar-refractivity contribution < 1.29 is 27.4 Å². The maximum absolute atomic E-state index is 12.8. The third kappa shape index (κ3) is 5.00. The largest absolute Gasteiger partial charge is 0.487 e. The van der Waals surface area contributed by atoms with E-state index in [-0.39, 0.29) is 19.1 Å². The first-order valence-electron chi connectivity index (χ1n) is 10.2. The number of carbonyl (C=O) groups excluding carboxylic acids is 1. The lowest BCUT2D eigenvalue weighted by Crippen LogP contribution is -2.12. The van der Waals surface area contributed by atoms with Crippen molar-refractivity contribution in [1.29, 1.82) is 0 Å². The average Bonchev–Trinajstić information content (AvgIpc) is 3.35. The van der Waals surface area contributed by atoms with E-state index in [2.05, 4.69) is 10.2 Å². The summed E-state index contributed by atoms with van der Waals surface area (Å²) in [6.07, 6.45) is -2.59. The van der Waals surface area contributed by atoms with Crippen LogP contribution in [0.1, 0.15) is 23.9 Å². The number of halogens is 3. The SMILES string of the molecule is CCOC(=O)Cn1ccc2cc(OCc3nn(-c4ccc(C(F)(F)F)cc4)nc3C)ccc21. The van der Waals surface area contributed by atoms with Crippen LogP contribution in [0, 0.1) is 6.92 Å². The number of benzene rings is 2. The van der Waals surface area contributed by atoms with Crippen LogP contribution in [0.2, 0.25) is 0 Å². The predicted molar refractivity (Wildman–Crippen MR) is 114 cm³/mol. The predicted octanol–water partition coefficient (Wildman–Crippen LogP) is 4.69. The zero-order valence-electron chi connectivity index (χ0n) is 18.0. The molecule has 33 heavy (non-hydrogen) atoms. The number of esters is 1. The number of aromatic nitrogens is 4. The first-order chi connectivity index (χ1) is 15.7. The molecule has 0 aliphatic rings. The fourth-order valence-corrected chi connectivity index (χ4v) is 3.34. The van der Waals surface area contributed by atoms with Crippen LogP contribution >= 0.6 is 0 Å². The molecule has 0 N–H and O–H groups in total. The molecule has 0 unspecified atom stereocenters. The van der Waals surface area contributed by atoms with Crippen LogP contribution in [0.5, 0.6) is 5.75 Å². The van der Waals surface area contributed by atoms with E-state index in [1.807, 2.05) is 24.4 Å². The normalized spacial score (nSPS) is 11.7. The Morgan fingerprint density at radius 1 is 1.06 bits per heavy atom. The number of carbonyl (C=O) groups is 1. The second kappa shape index (κ2) is 8.97. The summed E-state index contributed by atoms with van der Waals surface area (Å²) in [4.78, 5) is 13.0. The summed E-state index contributed by atoms with van der Waals surface area (Å²) in [5.74, 6) is 0.307. The molecule has 2 heterocycles. The van der Waals surface area contributed by atoms with Gasteiger partial charge < -0.3 is 14.0 Å². The Morgan fingerprint density at radius 3 is 2.52 bits per heavy atom. The molecular formula is C23H21F3N4O3. The van der Waals surface area contributed by atoms with Crippen molar-refractivity contribution in [1.82, 2.24) is 19.6 Å². The molecule has 0 aliphatic carbocycles. The summed E-state index contributed by atoms with van der Waals surface area (Å²) in [6.45, 7) is 4.12. The lowest BCUT2D eigenvalue weighted by atomic mass is 10.2. The van der Waals surface area contributed by atoms with E-state index in [1.54, 1.807) is 24.5 Å². The van der Waals surface area contributed by atoms with Gasteiger partial charge in [-0.2, -0.15) is 23.1 Å². The molecule has 0 spiro atoms. The lowest BCUT2D eigenvalue weighted by molar-refractivity contribution is -0.143. The van der Waals surface area contributed by atoms with Gasteiger partial charge in [-0.05, 0) is 62.4 Å². The molecule has 2 aromatic heterocycles. The van der Waals surface area contributed by atoms with Crippen LogP contribution in [0.3, 0.4) is 0 Å². The van der Waals surface area contributed by atoms with E-state index < -0.39 is 11.7 Å². The van der Waals surface area contributed by atoms with E-state index in [9.17, 15) is 18.0 Å². The van der Waals surface area contributed by atoms with Crippen molar-refractivity contribution in [2.24, 2.45) is 0 Å². The highest BCUT2D eigenvalue weighted by atomic mass is 19.4. The number of rotatable bonds is 7. The lowest BCUT2D eigenvalue weighted by Gasteiger charge is -2.07. The number of hydrogen-bond donors (Lipinski definition) is 0. The van der Waals surface area contributed by atoms with Crippen LogP contribution in [-0.2, 0) is 28.9 Å². The van der Waals surface area contributed by atoms with Crippen LogP contribution < -0.4 is 4.74 Å². The minimum Gasteiger partial charge on any atom is -0.487 e. The minimum absolute atomic E-state index is 0.129. The fraction of sp³-hybridized carbons (Fsp3) is 0.261. The van der Waals surface area contributed by atoms with E-state index >= 15 is 0 Å². The Hall–Kier alpha value is -3.82. The number of aryl methyl sites for hydroxylation is 1. The number of alkyl halides is 3. The second-order valence-electron chi connectivity index (χ2n) is 7.32. The first kappa shape index (κ1) is 22.4. The highest BCUT2D eigenvalue weighted by Crippen LogP contribution is 2.29. The average molecular weight is 458 g/mol. The Kier molecular flexibility index (Phi) is 6.08. The highest BCUT2D eigenvalue weighted by Gasteiger charge is 2.30. The molecule has 4 rings (SSSR count). The summed E-state index contributed by atoms with van der Waals surface area (Å²) >= 11 is 0. The molecular weight excluding hydrogens is 437 g/mol. The van der Waals surface area contributed by atoms with Gasteiger partial charge in [-0.15, -0.1) is 5.10 Å². The van der Waals surface area contributed by atoms with Crippen LogP contribution in [0.4, 0.5) is 13.2 Å². The van der Waals surface area contributed by atoms with Crippen LogP contribution in [0.15, 0.2) is 54.7 Å². The van der Waals surface area contributed by atoms with Gasteiger partial charge in [0.15, 0.2) is 0 Å². The smallest absolute Gasteiger partial charge is 0.416 e. The number of ether oxygens (including phenoxy) is 2. The van der Waals surface area contributed by atoms with Crippen LogP contribution in [0.25, 0.3) is 16.6 Å². The summed E-state index contributed by atoms with van der Waals surface area (Å²) in [6, 6.07) is 12.0. The van der Waals surface area contributed by atoms with Gasteiger partial charge in [0.2, 0.25) is 0 Å². The molecule has 0 saturated heterocycles. The summed E-state index contributed by atoms with van der Waals surface area (Å²) in [5.41, 5.74) is 1.73. The third-order valence-electron chi connectivity index (χ3n) is 5.03. The number of nitrogens with zero attached hydrogens (tertiary/aromatic N) is 4. The van der Waals surface area contributed by atoms with Gasteiger partial charge in [-0.3, -0.25) is 4.79 Å². The van der Waals surface area contributed by atoms with E-state index in [0.29, 0.717) is 29.4 Å². The second-order valence-corrected chi connectivity index (χ2v) is 7.32. The number of fused-ring (bicyclic) bond motifs is 1. The molecule has 0 bridgehead atoms. The van der Waals surface area contributed by atoms with Crippen molar-refractivity contribution >= 4 is 16.9 Å². The molecule has 10 heteroatoms. The molecule has 0 aliphatic heterocycles. The molecule has 0 radical (unpaired) electrons. The first-order valence-corrected chi connectivity index (χ1v) is 10.2. The number of hydrogen-bond acceptors (Lipinski definition) is 5. The minimum atomic E-state index is -4.40. The van der Waals surface area contributed by atoms with Gasteiger partial charge in [0.05, 0.1) is 23.6 Å². The van der Waals surface area contributed by atoms with Gasteiger partial charge in [0.25, 0.3) is 0 Å². The van der Waals surface area contributed by atoms with Gasteiger partial charge in [0.1, 0.15) is 24.6 Å². The van der Waals surface area contributed by atoms with Crippen molar-refractivity contribution in [3.05, 3.63) is 71.7 Å². The van der Waals surface area contributed by atoms with Crippen molar-refractivity contribution in [2.75, 3.05) is 6.61 Å². The summed E-state index contributed by atoms with van der Waals surface area (Å²) in [5, 5.41) is 9.53. The van der Waals surface area contributed by atoms with Gasteiger partial charge >= 0.3 is 12.1 Å². The molecule has 0 amide bonds. The zero-order valence-corrected chi connectivity index (χ0v) is 18.0. The van der Waals surface area contributed by atoms with E-state index in [0.717, 1.165) is 23.0 Å². The molecule has 0 atom stereocenters. The van der Waals surface area contributed by atoms with E-state index in [4.69, 9.17) is 9.47 Å². The van der Waals surface area contributed by atoms with Gasteiger partial charge in [-0.25, -0.2) is 0 Å². The topological polar surface area (TPSA) is 71.2 Å². The maximum atomic E-state index is 12.8. The van der Waals surface area contributed by atoms with Crippen molar-refractivity contribution in [2.45, 2.75) is 33.2 Å². The summed E-state index contributed by atoms with van der Waals surface area (Å²) in [7, 11) is 0. The molecule has 0 fully saturated rings. The highest BCUT2D eigenvalue weighted by molar-refractivity contribution is 5.83. The van der Waals surface area contributed by atoms with Gasteiger partial charge in [-0.1, -0.05) is 0 Å². The summed E-state index contributed by atoms with van der Waals surface area (Å²) < 4.78 is 50.9. The van der Waals surface area contributed by atoms with Crippen LogP contribution in [-0.4, -0.2) is 32.1 Å². The molecule has 2 aromatic carbocycles.